The van der Waals surface area contributed by atoms with E-state index >= 15 is 0 Å². The van der Waals surface area contributed by atoms with Gasteiger partial charge in [0, 0.05) is 40.2 Å². The Kier molecular flexibility index (Phi) is 17.0. The van der Waals surface area contributed by atoms with Gasteiger partial charge in [0.15, 0.2) is 0 Å². The van der Waals surface area contributed by atoms with Gasteiger partial charge in [-0.1, -0.05) is 141 Å². The predicted molar refractivity (Wildman–Crippen MR) is 264 cm³/mol. The van der Waals surface area contributed by atoms with E-state index in [4.69, 9.17) is 19.4 Å². The molecular formula is C55H76MgN4O5. The summed E-state index contributed by atoms with van der Waals surface area (Å²) in [6.45, 7) is 24.6. The number of hydrogen-bond acceptors (Lipinski definition) is 6. The van der Waals surface area contributed by atoms with Crippen molar-refractivity contribution in [2.45, 2.75) is 152 Å². The van der Waals surface area contributed by atoms with E-state index in [1.54, 1.807) is 0 Å². The standard InChI is InChI=1S/C55H76N4O5.Mg/c1-12-39-33(7)42-26-44-35(9)41(23-24-48(60)64-29-38-25-37(38)22-16-21-32(6)20-15-19-31(5)18-14-17-30(3)4)52(58-44)50-51(55(62)63-11)54(61)49-36(10)45(59-53(49)50)28-47-40(13-2)34(8)43(57-47)27-46(39)56-42;/h12,26-28,30-32,35,37-38,41,51-52,56,58,61H,1,13-25,29H2,2-11H3;/q-2;+2/b43-27-,44-26-,47-28-;/t31-,32-,35+,37?,38?,41+,51-,52?;/m1./s1. The first-order chi connectivity index (χ1) is 30.6. The number of methoxy groups -OCH3 is 1. The van der Waals surface area contributed by atoms with Crippen LogP contribution in [0.25, 0.3) is 35.6 Å². The minimum absolute atomic E-state index is 0. The van der Waals surface area contributed by atoms with E-state index in [2.05, 4.69) is 84.4 Å². The maximum Gasteiger partial charge on any atom is 2.00 e. The summed E-state index contributed by atoms with van der Waals surface area (Å²) < 4.78 is 11.3. The third-order valence-electron chi connectivity index (χ3n) is 15.5. The molecule has 8 atom stereocenters. The summed E-state index contributed by atoms with van der Waals surface area (Å²) in [6.07, 6.45) is 22.7. The molecule has 5 heterocycles. The third kappa shape index (κ3) is 11.0. The van der Waals surface area contributed by atoms with Gasteiger partial charge in [0.2, 0.25) is 0 Å². The van der Waals surface area contributed by atoms with Crippen molar-refractivity contribution < 1.29 is 24.2 Å². The SMILES string of the molecule is C=Cc1c2[nH]c(c1C)/C=C1\NC(C3=c4[n-]c(c(C)c4=C(O)[C@@H]3C(=O)OC)/C=c3\[n-]/c(c(C)c3CC)=C\2)[C@@H](CCC(=O)OCC2CC2CCC[C@H](C)CCC[C@H](C)CCCC(C)C)[C@@H]1C.[Mg+2]. The first kappa shape index (κ1) is 50.5. The molecule has 9 nitrogen and oxygen atoms in total. The fourth-order valence-electron chi connectivity index (χ4n) is 11.2. The van der Waals surface area contributed by atoms with Crippen LogP contribution in [0, 0.1) is 68.1 Å². The van der Waals surface area contributed by atoms with E-state index in [1.165, 1.54) is 64.9 Å². The Bertz CT molecular complexity index is 2500. The summed E-state index contributed by atoms with van der Waals surface area (Å²) >= 11 is 0. The molecule has 1 saturated carbocycles. The number of nitrogens with zero attached hydrogens (tertiary/aromatic N) is 2. The molecule has 4 aliphatic rings. The van der Waals surface area contributed by atoms with Crippen molar-refractivity contribution in [2.75, 3.05) is 13.7 Å². The number of aliphatic hydroxyl groups is 1. The van der Waals surface area contributed by atoms with E-state index in [0.29, 0.717) is 46.7 Å². The van der Waals surface area contributed by atoms with Crippen molar-refractivity contribution in [1.82, 2.24) is 20.3 Å². The van der Waals surface area contributed by atoms with E-state index in [-0.39, 0.29) is 53.0 Å². The van der Waals surface area contributed by atoms with E-state index in [1.807, 2.05) is 19.1 Å². The molecule has 0 amide bonds. The maximum atomic E-state index is 13.7. The van der Waals surface area contributed by atoms with Gasteiger partial charge >= 0.3 is 35.0 Å². The number of aromatic nitrogens is 3. The van der Waals surface area contributed by atoms with Gasteiger partial charge in [-0.3, -0.25) is 9.59 Å². The minimum atomic E-state index is -1.02. The van der Waals surface area contributed by atoms with Gasteiger partial charge in [-0.05, 0) is 92.8 Å². The van der Waals surface area contributed by atoms with Gasteiger partial charge in [0.25, 0.3) is 0 Å². The monoisotopic (exact) mass is 897 g/mol. The van der Waals surface area contributed by atoms with Crippen LogP contribution in [0.15, 0.2) is 12.3 Å². The van der Waals surface area contributed by atoms with Crippen LogP contribution in [0.5, 0.6) is 0 Å². The number of allylic oxidation sites excluding steroid dienone is 1. The molecule has 2 aliphatic heterocycles. The van der Waals surface area contributed by atoms with Crippen molar-refractivity contribution in [3.05, 3.63) is 78.4 Å². The topological polar surface area (TPSA) is 129 Å². The molecule has 3 N–H and O–H groups in total. The van der Waals surface area contributed by atoms with Gasteiger partial charge in [0.05, 0.1) is 19.8 Å². The number of aliphatic hydroxyl groups excluding tert-OH is 1. The Balaban J connectivity index is 0.00000700. The second kappa shape index (κ2) is 21.8. The number of fused-ring (bicyclic) bond motifs is 8. The number of esters is 2. The molecule has 3 unspecified atom stereocenters. The maximum absolute atomic E-state index is 13.7. The van der Waals surface area contributed by atoms with Crippen LogP contribution in [-0.4, -0.2) is 64.8 Å². The molecule has 1 saturated heterocycles. The van der Waals surface area contributed by atoms with Gasteiger partial charge in [-0.15, -0.1) is 21.7 Å². The van der Waals surface area contributed by atoms with Gasteiger partial charge in [-0.2, -0.15) is 0 Å². The fourth-order valence-corrected chi connectivity index (χ4v) is 11.2. The third-order valence-corrected chi connectivity index (χ3v) is 15.5. The Morgan fingerprint density at radius 1 is 0.892 bits per heavy atom. The van der Waals surface area contributed by atoms with Crippen molar-refractivity contribution >= 4 is 70.6 Å². The zero-order valence-corrected chi connectivity index (χ0v) is 42.7. The van der Waals surface area contributed by atoms with Crippen molar-refractivity contribution in [3.63, 3.8) is 0 Å². The summed E-state index contributed by atoms with van der Waals surface area (Å²) in [5.74, 6) is 1.59. The molecule has 348 valence electrons. The Hall–Kier alpha value is -3.89. The quantitative estimate of drug-likeness (QED) is 0.0771. The van der Waals surface area contributed by atoms with Crippen LogP contribution in [0.4, 0.5) is 0 Å². The Morgan fingerprint density at radius 2 is 1.58 bits per heavy atom. The first-order valence-electron chi connectivity index (χ1n) is 24.7. The zero-order valence-electron chi connectivity index (χ0n) is 41.3. The largest absolute Gasteiger partial charge is 2.00 e. The van der Waals surface area contributed by atoms with Crippen LogP contribution in [0.1, 0.15) is 163 Å². The van der Waals surface area contributed by atoms with Crippen molar-refractivity contribution in [2.24, 2.45) is 47.3 Å². The van der Waals surface area contributed by atoms with Crippen LogP contribution in [0.3, 0.4) is 0 Å². The molecular weight excluding hydrogens is 821 g/mol. The first-order valence-corrected chi connectivity index (χ1v) is 24.7. The van der Waals surface area contributed by atoms with E-state index in [9.17, 15) is 14.7 Å². The van der Waals surface area contributed by atoms with Crippen LogP contribution < -0.4 is 36.6 Å². The number of carbonyl (C=O) groups is 2. The van der Waals surface area contributed by atoms with Crippen molar-refractivity contribution in [1.29, 1.82) is 0 Å². The number of rotatable bonds is 20. The Morgan fingerprint density at radius 3 is 2.25 bits per heavy atom. The molecule has 10 heteroatoms. The molecule has 0 spiro atoms. The summed E-state index contributed by atoms with van der Waals surface area (Å²) in [5.41, 5.74) is 9.34. The van der Waals surface area contributed by atoms with Gasteiger partial charge in [0.1, 0.15) is 11.7 Å². The molecule has 2 aliphatic carbocycles. The summed E-state index contributed by atoms with van der Waals surface area (Å²) in [6, 6.07) is -0.415. The van der Waals surface area contributed by atoms with Crippen LogP contribution >= 0.6 is 0 Å². The van der Waals surface area contributed by atoms with Gasteiger partial charge in [-0.25, -0.2) is 0 Å². The number of nitrogens with one attached hydrogen (secondary N) is 2. The van der Waals surface area contributed by atoms with Crippen LogP contribution in [-0.2, 0) is 25.5 Å². The van der Waals surface area contributed by atoms with E-state index < -0.39 is 17.9 Å². The smallest absolute Gasteiger partial charge is 0.657 e. The van der Waals surface area contributed by atoms with Gasteiger partial charge < -0.3 is 34.8 Å². The average Bonchev–Trinajstić information content (AvgIpc) is 3.39. The van der Waals surface area contributed by atoms with Crippen LogP contribution in [0.2, 0.25) is 0 Å². The summed E-state index contributed by atoms with van der Waals surface area (Å²) in [5, 5.41) is 18.6. The number of ether oxygens (including phenoxy) is 2. The fraction of sp³-hybridized carbons (Fsp3) is 0.600. The summed E-state index contributed by atoms with van der Waals surface area (Å²) in [4.78, 5) is 41.2. The molecule has 8 bridgehead atoms. The molecule has 3 aromatic rings. The minimum Gasteiger partial charge on any atom is -0.657 e. The number of hydrogen-bond donors (Lipinski definition) is 3. The number of aromatic amines is 1. The van der Waals surface area contributed by atoms with E-state index in [0.717, 1.165) is 86.2 Å². The average molecular weight is 898 g/mol. The molecule has 7 rings (SSSR count). The molecule has 2 fully saturated rings. The molecule has 3 aromatic heterocycles. The normalized spacial score (nSPS) is 24.5. The van der Waals surface area contributed by atoms with Crippen molar-refractivity contribution in [3.8, 4) is 0 Å². The molecule has 0 radical (unpaired) electrons. The number of carbonyl (C=O) groups excluding carboxylic acids is 2. The number of H-pyrrole nitrogens is 1. The second-order valence-corrected chi connectivity index (χ2v) is 20.5. The second-order valence-electron chi connectivity index (χ2n) is 20.5. The Labute approximate surface area is 404 Å². The predicted octanol–water partition coefficient (Wildman–Crippen LogP) is 7.93. The zero-order chi connectivity index (χ0) is 46.0. The molecule has 65 heavy (non-hydrogen) atoms. The summed E-state index contributed by atoms with van der Waals surface area (Å²) in [7, 11) is 1.36. The molecule has 0 aromatic carbocycles.